The Labute approximate surface area is 228 Å². The number of nitrogens with zero attached hydrogens (tertiary/aromatic N) is 3. The van der Waals surface area contributed by atoms with Gasteiger partial charge in [0.15, 0.2) is 0 Å². The third kappa shape index (κ3) is 5.03. The molecular weight excluding hydrogens is 518 g/mol. The van der Waals surface area contributed by atoms with E-state index in [4.69, 9.17) is 0 Å². The van der Waals surface area contributed by atoms with E-state index in [1.807, 2.05) is 63.2 Å². The Hall–Kier alpha value is -4.08. The second-order valence-electron chi connectivity index (χ2n) is 8.86. The number of thioether (sulfide) groups is 1. The Bertz CT molecular complexity index is 1590. The van der Waals surface area contributed by atoms with E-state index in [0.717, 1.165) is 49.8 Å². The van der Waals surface area contributed by atoms with Gasteiger partial charge in [0.25, 0.3) is 16.8 Å². The SMILES string of the molecule is Cc1ccc(N2C(=O)S/C(=C\c3cc(C)n(-c4ccc(Sc5ccc([N+](=O)[O-])cc5)cc4)c3C)C2=O)cc1. The summed E-state index contributed by atoms with van der Waals surface area (Å²) in [6.07, 6.45) is 1.79. The van der Waals surface area contributed by atoms with Crippen molar-refractivity contribution in [1.82, 2.24) is 4.57 Å². The van der Waals surface area contributed by atoms with Gasteiger partial charge < -0.3 is 4.57 Å². The minimum absolute atomic E-state index is 0.0685. The molecule has 0 atom stereocenters. The number of non-ortho nitro benzene ring substituents is 1. The standard InChI is InChI=1S/C29H23N3O4S2/c1-18-4-6-23(7-5-18)31-28(33)27(38-29(31)34)17-21-16-19(2)30(20(21)3)22-8-12-25(13-9-22)37-26-14-10-24(11-15-26)32(35)36/h4-17H,1-3H3/b27-17-. The van der Waals surface area contributed by atoms with Crippen molar-refractivity contribution in [3.63, 3.8) is 0 Å². The Morgan fingerprint density at radius 2 is 1.42 bits per heavy atom. The van der Waals surface area contributed by atoms with Gasteiger partial charge in [-0.05, 0) is 98.8 Å². The number of anilines is 1. The molecule has 0 unspecified atom stereocenters. The molecule has 9 heteroatoms. The van der Waals surface area contributed by atoms with E-state index in [0.29, 0.717) is 10.6 Å². The summed E-state index contributed by atoms with van der Waals surface area (Å²) in [6, 6.07) is 23.9. The molecule has 1 aromatic heterocycles. The van der Waals surface area contributed by atoms with Gasteiger partial charge in [0.2, 0.25) is 0 Å². The van der Waals surface area contributed by atoms with E-state index in [-0.39, 0.29) is 16.8 Å². The molecule has 38 heavy (non-hydrogen) atoms. The lowest BCUT2D eigenvalue weighted by atomic mass is 10.2. The summed E-state index contributed by atoms with van der Waals surface area (Å²) < 4.78 is 2.11. The van der Waals surface area contributed by atoms with Crippen molar-refractivity contribution >= 4 is 52.1 Å². The minimum Gasteiger partial charge on any atom is -0.318 e. The lowest BCUT2D eigenvalue weighted by Gasteiger charge is -2.12. The van der Waals surface area contributed by atoms with Crippen LogP contribution < -0.4 is 4.90 Å². The monoisotopic (exact) mass is 541 g/mol. The van der Waals surface area contributed by atoms with E-state index in [9.17, 15) is 19.7 Å². The summed E-state index contributed by atoms with van der Waals surface area (Å²) in [5.74, 6) is -0.318. The molecule has 1 aliphatic rings. The van der Waals surface area contributed by atoms with Gasteiger partial charge in [-0.15, -0.1) is 0 Å². The van der Waals surface area contributed by atoms with Crippen LogP contribution in [0, 0.1) is 30.9 Å². The first-order valence-electron chi connectivity index (χ1n) is 11.8. The molecule has 0 N–H and O–H groups in total. The topological polar surface area (TPSA) is 85.4 Å². The highest BCUT2D eigenvalue weighted by atomic mass is 32.2. The number of nitro benzene ring substituents is 1. The molecule has 0 radical (unpaired) electrons. The van der Waals surface area contributed by atoms with E-state index in [2.05, 4.69) is 4.57 Å². The highest BCUT2D eigenvalue weighted by molar-refractivity contribution is 8.19. The van der Waals surface area contributed by atoms with Crippen molar-refractivity contribution in [2.75, 3.05) is 4.90 Å². The van der Waals surface area contributed by atoms with Crippen LogP contribution in [-0.2, 0) is 4.79 Å². The first-order chi connectivity index (χ1) is 18.2. The van der Waals surface area contributed by atoms with Crippen LogP contribution in [0.2, 0.25) is 0 Å². The van der Waals surface area contributed by atoms with Crippen LogP contribution in [0.5, 0.6) is 0 Å². The third-order valence-electron chi connectivity index (χ3n) is 6.22. The van der Waals surface area contributed by atoms with Gasteiger partial charge in [0.05, 0.1) is 15.5 Å². The minimum atomic E-state index is -0.408. The Kier molecular flexibility index (Phi) is 6.96. The van der Waals surface area contributed by atoms with Crippen molar-refractivity contribution in [3.8, 4) is 5.69 Å². The summed E-state index contributed by atoms with van der Waals surface area (Å²) in [6.45, 7) is 5.95. The van der Waals surface area contributed by atoms with E-state index < -0.39 is 4.92 Å². The number of benzene rings is 3. The highest BCUT2D eigenvalue weighted by Crippen LogP contribution is 2.37. The molecule has 4 aromatic rings. The van der Waals surface area contributed by atoms with Crippen LogP contribution in [-0.4, -0.2) is 20.6 Å². The summed E-state index contributed by atoms with van der Waals surface area (Å²) >= 11 is 2.48. The maximum absolute atomic E-state index is 13.1. The van der Waals surface area contributed by atoms with Crippen LogP contribution >= 0.6 is 23.5 Å². The number of aromatic nitrogens is 1. The van der Waals surface area contributed by atoms with Crippen molar-refractivity contribution < 1.29 is 14.5 Å². The average molecular weight is 542 g/mol. The summed E-state index contributed by atoms with van der Waals surface area (Å²) in [4.78, 5) is 39.7. The van der Waals surface area contributed by atoms with Gasteiger partial charge in [0, 0.05) is 39.0 Å². The van der Waals surface area contributed by atoms with Gasteiger partial charge in [-0.3, -0.25) is 19.7 Å². The quantitative estimate of drug-likeness (QED) is 0.141. The first-order valence-corrected chi connectivity index (χ1v) is 13.4. The van der Waals surface area contributed by atoms with Gasteiger partial charge in [0.1, 0.15) is 0 Å². The molecule has 0 saturated carbocycles. The molecule has 190 valence electrons. The normalized spacial score (nSPS) is 14.5. The van der Waals surface area contributed by atoms with E-state index in [1.165, 1.54) is 28.8 Å². The number of carbonyl (C=O) groups is 2. The van der Waals surface area contributed by atoms with Crippen LogP contribution in [0.25, 0.3) is 11.8 Å². The Morgan fingerprint density at radius 1 is 0.842 bits per heavy atom. The summed E-state index contributed by atoms with van der Waals surface area (Å²) in [7, 11) is 0. The molecule has 1 saturated heterocycles. The molecule has 7 nitrogen and oxygen atoms in total. The Balaban J connectivity index is 1.36. The number of imide groups is 1. The van der Waals surface area contributed by atoms with Crippen molar-refractivity contribution in [2.45, 2.75) is 30.6 Å². The molecule has 2 heterocycles. The summed E-state index contributed by atoms with van der Waals surface area (Å²) in [5.41, 5.74) is 5.50. The molecule has 2 amide bonds. The zero-order chi connectivity index (χ0) is 27.0. The fraction of sp³-hybridized carbons (Fsp3) is 0.103. The van der Waals surface area contributed by atoms with Crippen LogP contribution in [0.3, 0.4) is 0 Å². The Morgan fingerprint density at radius 3 is 2.03 bits per heavy atom. The van der Waals surface area contributed by atoms with Gasteiger partial charge >= 0.3 is 0 Å². The van der Waals surface area contributed by atoms with Crippen molar-refractivity contribution in [1.29, 1.82) is 0 Å². The predicted octanol–water partition coefficient (Wildman–Crippen LogP) is 7.70. The second kappa shape index (κ2) is 10.4. The predicted molar refractivity (Wildman–Crippen MR) is 152 cm³/mol. The number of carbonyl (C=O) groups excluding carboxylic acids is 2. The number of hydrogen-bond acceptors (Lipinski definition) is 6. The van der Waals surface area contributed by atoms with E-state index in [1.54, 1.807) is 30.3 Å². The molecule has 0 bridgehead atoms. The largest absolute Gasteiger partial charge is 0.318 e. The number of hydrogen-bond donors (Lipinski definition) is 0. The molecule has 1 fully saturated rings. The number of rotatable bonds is 6. The second-order valence-corrected chi connectivity index (χ2v) is 11.0. The van der Waals surface area contributed by atoms with E-state index >= 15 is 0 Å². The zero-order valence-electron chi connectivity index (χ0n) is 20.9. The van der Waals surface area contributed by atoms with Gasteiger partial charge in [-0.2, -0.15) is 0 Å². The summed E-state index contributed by atoms with van der Waals surface area (Å²) in [5, 5.41) is 10.6. The maximum atomic E-state index is 13.1. The van der Waals surface area contributed by atoms with Crippen LogP contribution in [0.1, 0.15) is 22.5 Å². The molecule has 1 aliphatic heterocycles. The molecule has 0 spiro atoms. The zero-order valence-corrected chi connectivity index (χ0v) is 22.5. The average Bonchev–Trinajstić information content (AvgIpc) is 3.33. The van der Waals surface area contributed by atoms with Crippen LogP contribution in [0.4, 0.5) is 16.2 Å². The lowest BCUT2D eigenvalue weighted by molar-refractivity contribution is -0.384. The number of aryl methyl sites for hydroxylation is 2. The van der Waals surface area contributed by atoms with Crippen LogP contribution in [0.15, 0.2) is 93.6 Å². The third-order valence-corrected chi connectivity index (χ3v) is 8.11. The fourth-order valence-corrected chi connectivity index (χ4v) is 5.94. The smallest absolute Gasteiger partial charge is 0.298 e. The molecular formula is C29H23N3O4S2. The van der Waals surface area contributed by atoms with Gasteiger partial charge in [-0.1, -0.05) is 29.5 Å². The maximum Gasteiger partial charge on any atom is 0.298 e. The highest BCUT2D eigenvalue weighted by Gasteiger charge is 2.36. The molecule has 0 aliphatic carbocycles. The van der Waals surface area contributed by atoms with Gasteiger partial charge in [-0.25, -0.2) is 4.90 Å². The van der Waals surface area contributed by atoms with Crippen molar-refractivity contribution in [2.24, 2.45) is 0 Å². The van der Waals surface area contributed by atoms with Crippen molar-refractivity contribution in [3.05, 3.63) is 116 Å². The fourth-order valence-electron chi connectivity index (χ4n) is 4.29. The number of amides is 2. The number of nitro groups is 1. The molecule has 5 rings (SSSR count). The first kappa shape index (κ1) is 25.6. The lowest BCUT2D eigenvalue weighted by Crippen LogP contribution is -2.27. The molecule has 3 aromatic carbocycles.